The molecule has 4 N–H and O–H groups in total. The van der Waals surface area contributed by atoms with Gasteiger partial charge in [-0.2, -0.15) is 0 Å². The van der Waals surface area contributed by atoms with Crippen molar-refractivity contribution in [3.05, 3.63) is 111 Å². The Hall–Kier alpha value is -3.69. The summed E-state index contributed by atoms with van der Waals surface area (Å²) in [5, 5.41) is 11.9. The van der Waals surface area contributed by atoms with Gasteiger partial charge in [-0.05, 0) is 102 Å². The molecule has 4 aromatic carbocycles. The number of aryl methyl sites for hydroxylation is 2. The predicted octanol–water partition coefficient (Wildman–Crippen LogP) is 6.97. The van der Waals surface area contributed by atoms with Crippen LogP contribution in [0.2, 0.25) is 0 Å². The number of carbonyl (C=O) groups is 2. The molecule has 0 radical (unpaired) electrons. The van der Waals surface area contributed by atoms with Crippen LogP contribution in [0, 0.1) is 17.4 Å². The Morgan fingerprint density at radius 1 is 0.821 bits per heavy atom. The van der Waals surface area contributed by atoms with Gasteiger partial charge >= 0.3 is 5.97 Å². The number of nitrogens with two attached hydrogens (primary N) is 1. The third-order valence-corrected chi connectivity index (χ3v) is 6.55. The summed E-state index contributed by atoms with van der Waals surface area (Å²) in [5.41, 5.74) is 13.4. The van der Waals surface area contributed by atoms with Crippen LogP contribution in [0.5, 0.6) is 0 Å². The number of carbonyl (C=O) groups excluding carboxylic acids is 1. The molecule has 1 atom stereocenters. The van der Waals surface area contributed by atoms with Crippen molar-refractivity contribution in [2.24, 2.45) is 0 Å². The number of hydrogen-bond donors (Lipinski definition) is 3. The number of carboxylic acids is 1. The van der Waals surface area contributed by atoms with Crippen molar-refractivity contribution in [1.29, 1.82) is 0 Å². The van der Waals surface area contributed by atoms with Crippen molar-refractivity contribution < 1.29 is 19.4 Å². The van der Waals surface area contributed by atoms with Gasteiger partial charge in [0, 0.05) is 28.0 Å². The normalized spacial score (nSPS) is 11.2. The molecule has 0 aliphatic heterocycles. The Morgan fingerprint density at radius 3 is 1.85 bits per heavy atom. The van der Waals surface area contributed by atoms with Crippen LogP contribution in [-0.2, 0) is 4.74 Å². The number of halogens is 1. The maximum Gasteiger partial charge on any atom is 0.335 e. The van der Waals surface area contributed by atoms with Gasteiger partial charge in [0.1, 0.15) is 0 Å². The first-order valence-electron chi connectivity index (χ1n) is 12.4. The van der Waals surface area contributed by atoms with Crippen molar-refractivity contribution in [1.82, 2.24) is 5.32 Å². The van der Waals surface area contributed by atoms with Gasteiger partial charge in [-0.1, -0.05) is 59.7 Å². The van der Waals surface area contributed by atoms with Crippen LogP contribution in [0.15, 0.2) is 84.9 Å². The lowest BCUT2D eigenvalue weighted by Crippen LogP contribution is -2.35. The Balaban J connectivity index is 0.000000223. The van der Waals surface area contributed by atoms with E-state index in [2.05, 4.69) is 65.2 Å². The van der Waals surface area contributed by atoms with Crippen molar-refractivity contribution >= 4 is 40.2 Å². The Morgan fingerprint density at radius 2 is 1.33 bits per heavy atom. The highest BCUT2D eigenvalue weighted by Crippen LogP contribution is 2.25. The fourth-order valence-electron chi connectivity index (χ4n) is 3.92. The molecular weight excluding hydrogens is 603 g/mol. The second-order valence-electron chi connectivity index (χ2n) is 9.44. The molecule has 7 heteroatoms. The largest absolute Gasteiger partial charge is 0.478 e. The second kappa shape index (κ2) is 13.9. The molecule has 202 valence electrons. The Labute approximate surface area is 243 Å². The van der Waals surface area contributed by atoms with Crippen molar-refractivity contribution in [2.75, 3.05) is 19.5 Å². The van der Waals surface area contributed by atoms with Crippen LogP contribution in [0.3, 0.4) is 0 Å². The summed E-state index contributed by atoms with van der Waals surface area (Å²) < 4.78 is 6.09. The van der Waals surface area contributed by atoms with Gasteiger partial charge in [-0.3, -0.25) is 4.79 Å². The molecule has 4 aromatic rings. The van der Waals surface area contributed by atoms with E-state index in [1.807, 2.05) is 50.2 Å². The number of amides is 1. The van der Waals surface area contributed by atoms with Gasteiger partial charge < -0.3 is 20.9 Å². The summed E-state index contributed by atoms with van der Waals surface area (Å²) in [4.78, 5) is 23.3. The summed E-state index contributed by atoms with van der Waals surface area (Å²) in [6.07, 6.45) is 0. The van der Waals surface area contributed by atoms with E-state index in [-0.39, 0.29) is 17.5 Å². The topological polar surface area (TPSA) is 102 Å². The average molecular weight is 637 g/mol. The smallest absolute Gasteiger partial charge is 0.335 e. The molecule has 1 unspecified atom stereocenters. The number of rotatable bonds is 7. The lowest BCUT2D eigenvalue weighted by Gasteiger charge is -2.14. The number of carboxylic acid groups (broad SMARTS) is 1. The van der Waals surface area contributed by atoms with Gasteiger partial charge in [0.05, 0.1) is 12.2 Å². The number of anilines is 1. The van der Waals surface area contributed by atoms with E-state index in [1.54, 1.807) is 19.2 Å². The van der Waals surface area contributed by atoms with Crippen LogP contribution in [0.25, 0.3) is 22.3 Å². The zero-order chi connectivity index (χ0) is 28.5. The minimum atomic E-state index is -0.967. The quantitative estimate of drug-likeness (QED) is 0.150. The van der Waals surface area contributed by atoms with Gasteiger partial charge in [-0.25, -0.2) is 4.79 Å². The molecule has 0 spiro atoms. The summed E-state index contributed by atoms with van der Waals surface area (Å²) in [6.45, 7) is 6.50. The molecule has 0 saturated carbocycles. The Kier molecular flexibility index (Phi) is 10.7. The lowest BCUT2D eigenvalue weighted by molar-refractivity contribution is 0.0696. The predicted molar refractivity (Wildman–Crippen MR) is 166 cm³/mol. The van der Waals surface area contributed by atoms with Gasteiger partial charge in [0.2, 0.25) is 0 Å². The summed E-state index contributed by atoms with van der Waals surface area (Å²) in [7, 11) is 1.63. The zero-order valence-corrected chi connectivity index (χ0v) is 24.7. The minimum Gasteiger partial charge on any atom is -0.478 e. The van der Waals surface area contributed by atoms with Gasteiger partial charge in [-0.15, -0.1) is 0 Å². The summed E-state index contributed by atoms with van der Waals surface area (Å²) >= 11 is 2.24. The fraction of sp³-hybridized carbons (Fsp3) is 0.188. The van der Waals surface area contributed by atoms with E-state index in [9.17, 15) is 9.59 Å². The molecule has 0 fully saturated rings. The van der Waals surface area contributed by atoms with Crippen LogP contribution in [0.1, 0.15) is 38.8 Å². The molecule has 0 aliphatic carbocycles. The highest BCUT2D eigenvalue weighted by atomic mass is 127. The Bertz CT molecular complexity index is 1430. The first kappa shape index (κ1) is 29.9. The fourth-order valence-corrected chi connectivity index (χ4v) is 4.59. The van der Waals surface area contributed by atoms with E-state index in [1.165, 1.54) is 11.6 Å². The van der Waals surface area contributed by atoms with Crippen LogP contribution >= 0.6 is 22.6 Å². The number of nitrogen functional groups attached to an aromatic ring is 1. The molecule has 0 aliphatic rings. The molecule has 0 saturated heterocycles. The molecular formula is C32H33IN2O4. The van der Waals surface area contributed by atoms with E-state index in [4.69, 9.17) is 15.6 Å². The lowest BCUT2D eigenvalue weighted by atomic mass is 10.0. The first-order valence-corrected chi connectivity index (χ1v) is 13.5. The number of ether oxygens (including phenoxy) is 1. The molecule has 39 heavy (non-hydrogen) atoms. The van der Waals surface area contributed by atoms with Gasteiger partial charge in [0.15, 0.2) is 0 Å². The number of hydrogen-bond acceptors (Lipinski definition) is 4. The third-order valence-electron chi connectivity index (χ3n) is 5.93. The molecule has 6 nitrogen and oxygen atoms in total. The summed E-state index contributed by atoms with van der Waals surface area (Å²) in [6, 6.07) is 27.0. The average Bonchev–Trinajstić information content (AvgIpc) is 2.89. The van der Waals surface area contributed by atoms with Crippen molar-refractivity contribution in [3.63, 3.8) is 0 Å². The first-order chi connectivity index (χ1) is 18.5. The van der Waals surface area contributed by atoms with Crippen LogP contribution in [-0.4, -0.2) is 36.7 Å². The molecule has 1 amide bonds. The maximum absolute atomic E-state index is 12.3. The second-order valence-corrected chi connectivity index (χ2v) is 10.7. The van der Waals surface area contributed by atoms with Crippen LogP contribution < -0.4 is 11.1 Å². The number of methoxy groups -OCH3 is 1. The third kappa shape index (κ3) is 8.94. The van der Waals surface area contributed by atoms with E-state index in [0.717, 1.165) is 31.4 Å². The van der Waals surface area contributed by atoms with Crippen molar-refractivity contribution in [2.45, 2.75) is 26.8 Å². The number of nitrogens with one attached hydrogen (secondary N) is 1. The zero-order valence-electron chi connectivity index (χ0n) is 22.5. The van der Waals surface area contributed by atoms with E-state index >= 15 is 0 Å². The molecule has 0 heterocycles. The van der Waals surface area contributed by atoms with Gasteiger partial charge in [0.25, 0.3) is 5.91 Å². The van der Waals surface area contributed by atoms with E-state index in [0.29, 0.717) is 17.9 Å². The maximum atomic E-state index is 12.3. The summed E-state index contributed by atoms with van der Waals surface area (Å²) in [5.74, 6) is -1.04. The van der Waals surface area contributed by atoms with Crippen molar-refractivity contribution in [3.8, 4) is 22.3 Å². The highest BCUT2D eigenvalue weighted by molar-refractivity contribution is 14.1. The number of benzene rings is 4. The van der Waals surface area contributed by atoms with Crippen LogP contribution in [0.4, 0.5) is 5.69 Å². The SMILES string of the molecule is COCC(C)NC(=O)c1cc(I)cc(-c2ccc(C)cc2)c1.Cc1ccc(-c2cc(N)cc(C(=O)O)c2)cc1. The minimum absolute atomic E-state index is 0.0156. The van der Waals surface area contributed by atoms with E-state index < -0.39 is 5.97 Å². The molecule has 0 aromatic heterocycles. The number of aromatic carboxylic acids is 1. The molecule has 4 rings (SSSR count). The highest BCUT2D eigenvalue weighted by Gasteiger charge is 2.12. The monoisotopic (exact) mass is 636 g/mol. The molecule has 0 bridgehead atoms. The standard InChI is InChI=1S/C18H20INO2.C14H13NO2/c1-12-4-6-14(7-5-12)15-8-16(10-17(19)9-15)18(21)20-13(2)11-22-3;1-9-2-4-10(5-3-9)11-6-12(14(16)17)8-13(15)7-11/h4-10,13H,11H2,1-3H3,(H,20,21);2-8H,15H2,1H3,(H,16,17).